The number of aryl methyl sites for hydroxylation is 2. The molecule has 2 rings (SSSR count). The smallest absolute Gasteiger partial charge is 0.0400 e. The van der Waals surface area contributed by atoms with E-state index in [2.05, 4.69) is 66.2 Å². The fraction of sp³-hybridized carbons (Fsp3) is 0.294. The quantitative estimate of drug-likeness (QED) is 0.765. The van der Waals surface area contributed by atoms with Gasteiger partial charge in [-0.3, -0.25) is 0 Å². The average molecular weight is 306 g/mol. The van der Waals surface area contributed by atoms with Crippen LogP contribution in [0.3, 0.4) is 0 Å². The van der Waals surface area contributed by atoms with E-state index in [1.807, 2.05) is 14.1 Å². The summed E-state index contributed by atoms with van der Waals surface area (Å²) in [5, 5.41) is 9.84. The van der Waals surface area contributed by atoms with Crippen molar-refractivity contribution in [2.45, 2.75) is 20.4 Å². The van der Waals surface area contributed by atoms with Crippen molar-refractivity contribution in [3.8, 4) is 0 Å². The summed E-state index contributed by atoms with van der Waals surface area (Å²) in [4.78, 5) is 0. The molecular formula is C17H24ClN3. The van der Waals surface area contributed by atoms with E-state index in [-0.39, 0.29) is 12.4 Å². The van der Waals surface area contributed by atoms with Gasteiger partial charge < -0.3 is 16.0 Å². The summed E-state index contributed by atoms with van der Waals surface area (Å²) in [6.07, 6.45) is 0. The van der Waals surface area contributed by atoms with E-state index in [9.17, 15) is 0 Å². The lowest BCUT2D eigenvalue weighted by atomic mass is 10.1. The molecule has 0 radical (unpaired) electrons. The third-order valence-corrected chi connectivity index (χ3v) is 3.55. The van der Waals surface area contributed by atoms with E-state index in [1.54, 1.807) is 0 Å². The van der Waals surface area contributed by atoms with Gasteiger partial charge in [0.05, 0.1) is 0 Å². The molecule has 0 aliphatic heterocycles. The summed E-state index contributed by atoms with van der Waals surface area (Å²) in [7, 11) is 3.90. The number of benzene rings is 2. The van der Waals surface area contributed by atoms with Crippen LogP contribution in [0.5, 0.6) is 0 Å². The van der Waals surface area contributed by atoms with Gasteiger partial charge >= 0.3 is 0 Å². The maximum atomic E-state index is 3.47. The summed E-state index contributed by atoms with van der Waals surface area (Å²) in [6.45, 7) is 5.08. The second-order valence-corrected chi connectivity index (χ2v) is 5.03. The molecule has 0 fully saturated rings. The Balaban J connectivity index is 0.00000220. The van der Waals surface area contributed by atoms with Gasteiger partial charge in [0.25, 0.3) is 0 Å². The average Bonchev–Trinajstić information content (AvgIpc) is 2.45. The monoisotopic (exact) mass is 305 g/mol. The summed E-state index contributed by atoms with van der Waals surface area (Å²) in [5.74, 6) is 0. The van der Waals surface area contributed by atoms with Crippen LogP contribution >= 0.6 is 12.4 Å². The Morgan fingerprint density at radius 2 is 1.38 bits per heavy atom. The Labute approximate surface area is 133 Å². The summed E-state index contributed by atoms with van der Waals surface area (Å²) >= 11 is 0. The lowest BCUT2D eigenvalue weighted by Crippen LogP contribution is -2.01. The molecule has 0 spiro atoms. The topological polar surface area (TPSA) is 36.1 Å². The van der Waals surface area contributed by atoms with Crippen molar-refractivity contribution in [3.05, 3.63) is 53.1 Å². The molecule has 0 saturated carbocycles. The van der Waals surface area contributed by atoms with Gasteiger partial charge in [-0.15, -0.1) is 12.4 Å². The maximum absolute atomic E-state index is 3.47. The van der Waals surface area contributed by atoms with Crippen LogP contribution in [-0.2, 0) is 6.54 Å². The molecule has 2 aromatic carbocycles. The minimum Gasteiger partial charge on any atom is -0.388 e. The minimum absolute atomic E-state index is 0. The van der Waals surface area contributed by atoms with Crippen molar-refractivity contribution in [2.24, 2.45) is 0 Å². The van der Waals surface area contributed by atoms with Crippen LogP contribution in [0.2, 0.25) is 0 Å². The Kier molecular flexibility index (Phi) is 6.38. The van der Waals surface area contributed by atoms with Gasteiger partial charge in [-0.05, 0) is 54.8 Å². The van der Waals surface area contributed by atoms with Crippen molar-refractivity contribution < 1.29 is 0 Å². The van der Waals surface area contributed by atoms with E-state index >= 15 is 0 Å². The Hall–Kier alpha value is -1.87. The number of anilines is 3. The highest BCUT2D eigenvalue weighted by Gasteiger charge is 2.01. The molecule has 4 heteroatoms. The molecule has 0 saturated heterocycles. The van der Waals surface area contributed by atoms with Gasteiger partial charge in [0, 0.05) is 37.7 Å². The maximum Gasteiger partial charge on any atom is 0.0400 e. The second kappa shape index (κ2) is 7.79. The molecule has 0 aliphatic carbocycles. The first-order valence-corrected chi connectivity index (χ1v) is 6.93. The van der Waals surface area contributed by atoms with E-state index in [1.165, 1.54) is 28.1 Å². The predicted molar refractivity (Wildman–Crippen MR) is 96.0 cm³/mol. The largest absolute Gasteiger partial charge is 0.388 e. The van der Waals surface area contributed by atoms with Gasteiger partial charge in [0.2, 0.25) is 0 Å². The van der Waals surface area contributed by atoms with Crippen LogP contribution in [0.4, 0.5) is 17.1 Å². The highest BCUT2D eigenvalue weighted by Crippen LogP contribution is 2.20. The molecule has 0 bridgehead atoms. The molecule has 21 heavy (non-hydrogen) atoms. The van der Waals surface area contributed by atoms with E-state index < -0.39 is 0 Å². The molecule has 114 valence electrons. The van der Waals surface area contributed by atoms with Gasteiger partial charge in [0.1, 0.15) is 0 Å². The lowest BCUT2D eigenvalue weighted by Gasteiger charge is -2.12. The SMILES string of the molecule is CNc1ccc(CNc2ccc(NC)c(C)c2)cc1C.Cl. The van der Waals surface area contributed by atoms with Gasteiger partial charge in [-0.25, -0.2) is 0 Å². The van der Waals surface area contributed by atoms with E-state index in [4.69, 9.17) is 0 Å². The van der Waals surface area contributed by atoms with Crippen LogP contribution in [0.25, 0.3) is 0 Å². The summed E-state index contributed by atoms with van der Waals surface area (Å²) in [5.41, 5.74) is 7.31. The van der Waals surface area contributed by atoms with Gasteiger partial charge in [-0.2, -0.15) is 0 Å². The molecule has 2 aromatic rings. The first kappa shape index (κ1) is 17.2. The Morgan fingerprint density at radius 3 is 1.90 bits per heavy atom. The van der Waals surface area contributed by atoms with Crippen LogP contribution in [0.1, 0.15) is 16.7 Å². The molecule has 0 atom stereocenters. The highest BCUT2D eigenvalue weighted by atomic mass is 35.5. The number of hydrogen-bond donors (Lipinski definition) is 3. The summed E-state index contributed by atoms with van der Waals surface area (Å²) < 4.78 is 0. The second-order valence-electron chi connectivity index (χ2n) is 5.03. The van der Waals surface area contributed by atoms with Crippen LogP contribution in [0, 0.1) is 13.8 Å². The third kappa shape index (κ3) is 4.30. The zero-order chi connectivity index (χ0) is 14.5. The third-order valence-electron chi connectivity index (χ3n) is 3.55. The minimum atomic E-state index is 0. The molecule has 3 nitrogen and oxygen atoms in total. The Morgan fingerprint density at radius 1 is 0.810 bits per heavy atom. The normalized spacial score (nSPS) is 9.71. The molecule has 0 aromatic heterocycles. The van der Waals surface area contributed by atoms with Crippen molar-refractivity contribution in [2.75, 3.05) is 30.0 Å². The van der Waals surface area contributed by atoms with Crippen molar-refractivity contribution in [3.63, 3.8) is 0 Å². The summed E-state index contributed by atoms with van der Waals surface area (Å²) in [6, 6.07) is 12.9. The predicted octanol–water partition coefficient (Wildman–Crippen LogP) is 4.42. The first-order chi connectivity index (χ1) is 9.63. The van der Waals surface area contributed by atoms with Gasteiger partial charge in [0.15, 0.2) is 0 Å². The highest BCUT2D eigenvalue weighted by molar-refractivity contribution is 5.85. The first-order valence-electron chi connectivity index (χ1n) is 6.93. The van der Waals surface area contributed by atoms with Crippen LogP contribution < -0.4 is 16.0 Å². The molecule has 0 unspecified atom stereocenters. The van der Waals surface area contributed by atoms with Crippen LogP contribution in [0.15, 0.2) is 36.4 Å². The fourth-order valence-electron chi connectivity index (χ4n) is 2.37. The molecule has 3 N–H and O–H groups in total. The zero-order valence-corrected chi connectivity index (χ0v) is 13.9. The van der Waals surface area contributed by atoms with Crippen molar-refractivity contribution >= 4 is 29.5 Å². The standard InChI is InChI=1S/C17H23N3.ClH/c1-12-9-14(5-7-16(12)18-3)11-20-15-6-8-17(19-4)13(2)10-15;/h5-10,18-20H,11H2,1-4H3;1H. The van der Waals surface area contributed by atoms with E-state index in [0.29, 0.717) is 0 Å². The molecule has 0 amide bonds. The van der Waals surface area contributed by atoms with Gasteiger partial charge in [-0.1, -0.05) is 12.1 Å². The lowest BCUT2D eigenvalue weighted by molar-refractivity contribution is 1.14. The number of rotatable bonds is 5. The zero-order valence-electron chi connectivity index (χ0n) is 13.1. The van der Waals surface area contributed by atoms with E-state index in [0.717, 1.165) is 12.2 Å². The fourth-order valence-corrected chi connectivity index (χ4v) is 2.37. The molecular weight excluding hydrogens is 282 g/mol. The number of halogens is 1. The number of hydrogen-bond acceptors (Lipinski definition) is 3. The van der Waals surface area contributed by atoms with Crippen molar-refractivity contribution in [1.29, 1.82) is 0 Å². The van der Waals surface area contributed by atoms with Crippen LogP contribution in [-0.4, -0.2) is 14.1 Å². The Bertz CT molecular complexity index is 543. The molecule has 0 aliphatic rings. The van der Waals surface area contributed by atoms with Crippen molar-refractivity contribution in [1.82, 2.24) is 0 Å². The number of nitrogens with one attached hydrogen (secondary N) is 3. The molecule has 0 heterocycles.